The fourth-order valence-corrected chi connectivity index (χ4v) is 5.50. The molecule has 2 bridgehead atoms. The van der Waals surface area contributed by atoms with Crippen molar-refractivity contribution in [3.63, 3.8) is 0 Å². The van der Waals surface area contributed by atoms with Gasteiger partial charge in [-0.15, -0.1) is 0 Å². The zero-order chi connectivity index (χ0) is 26.6. The third-order valence-electron chi connectivity index (χ3n) is 7.27. The van der Waals surface area contributed by atoms with Crippen molar-refractivity contribution in [3.05, 3.63) is 46.8 Å². The number of alkyl halides is 3. The average molecular weight is 514 g/mol. The summed E-state index contributed by atoms with van der Waals surface area (Å²) in [7, 11) is 3.39. The molecule has 0 radical (unpaired) electrons. The molecule has 5 rings (SSSR count). The number of pyridine rings is 1. The normalized spacial score (nSPS) is 19.9. The van der Waals surface area contributed by atoms with Crippen molar-refractivity contribution in [1.29, 1.82) is 0 Å². The Labute approximate surface area is 213 Å². The Bertz CT molecular complexity index is 1350. The van der Waals surface area contributed by atoms with Gasteiger partial charge >= 0.3 is 6.18 Å². The third kappa shape index (κ3) is 4.62. The summed E-state index contributed by atoms with van der Waals surface area (Å²) in [5.74, 6) is 1.31. The Morgan fingerprint density at radius 3 is 2.32 bits per heavy atom. The van der Waals surface area contributed by atoms with Gasteiger partial charge in [0.15, 0.2) is 5.65 Å². The Balaban J connectivity index is 1.60. The molecular weight excluding hydrogens is 483 g/mol. The summed E-state index contributed by atoms with van der Waals surface area (Å²) in [6.45, 7) is 3.46. The number of fused-ring (bicyclic) bond motifs is 3. The van der Waals surface area contributed by atoms with Crippen LogP contribution in [0.5, 0.6) is 0 Å². The topological polar surface area (TPSA) is 100 Å². The molecule has 2 fully saturated rings. The number of hydrogen-bond acceptors (Lipinski definition) is 7. The molecule has 4 heterocycles. The predicted molar refractivity (Wildman–Crippen MR) is 137 cm³/mol. The summed E-state index contributed by atoms with van der Waals surface area (Å²) >= 11 is 0. The number of halogens is 3. The minimum absolute atomic E-state index is 0.0209. The molecule has 0 saturated carbocycles. The van der Waals surface area contributed by atoms with E-state index in [-0.39, 0.29) is 11.6 Å². The molecule has 1 aromatic carbocycles. The van der Waals surface area contributed by atoms with Crippen molar-refractivity contribution in [1.82, 2.24) is 19.9 Å². The predicted octanol–water partition coefficient (Wildman–Crippen LogP) is 4.94. The lowest BCUT2D eigenvalue weighted by Gasteiger charge is -2.27. The summed E-state index contributed by atoms with van der Waals surface area (Å²) in [6, 6.07) is 5.40. The van der Waals surface area contributed by atoms with Crippen molar-refractivity contribution in [2.75, 3.05) is 30.0 Å². The van der Waals surface area contributed by atoms with Gasteiger partial charge in [0.2, 0.25) is 0 Å². The molecule has 2 aromatic heterocycles. The second kappa shape index (κ2) is 9.04. The van der Waals surface area contributed by atoms with Crippen LogP contribution in [0.25, 0.3) is 11.0 Å². The number of aryl methyl sites for hydroxylation is 1. The first-order valence-electron chi connectivity index (χ1n) is 12.4. The molecule has 196 valence electrons. The molecule has 8 nitrogen and oxygen atoms in total. The van der Waals surface area contributed by atoms with E-state index in [1.54, 1.807) is 34.0 Å². The first-order valence-corrected chi connectivity index (χ1v) is 12.4. The van der Waals surface area contributed by atoms with E-state index in [9.17, 15) is 18.0 Å². The summed E-state index contributed by atoms with van der Waals surface area (Å²) in [6.07, 6.45) is -0.209. The van der Waals surface area contributed by atoms with Crippen LogP contribution in [0.3, 0.4) is 0 Å². The van der Waals surface area contributed by atoms with Gasteiger partial charge < -0.3 is 20.9 Å². The molecular formula is C26H30F3N7O. The van der Waals surface area contributed by atoms with Gasteiger partial charge in [-0.2, -0.15) is 13.2 Å². The van der Waals surface area contributed by atoms with Crippen LogP contribution < -0.4 is 16.0 Å². The molecule has 11 heteroatoms. The van der Waals surface area contributed by atoms with E-state index in [4.69, 9.17) is 10.7 Å². The number of carbonyl (C=O) groups is 1. The molecule has 37 heavy (non-hydrogen) atoms. The maximum absolute atomic E-state index is 13.4. The number of nitrogens with one attached hydrogen (secondary N) is 1. The number of carbonyl (C=O) groups excluding carboxylic acids is 1. The van der Waals surface area contributed by atoms with Crippen molar-refractivity contribution >= 4 is 34.3 Å². The number of amides is 1. The second-order valence-electron chi connectivity index (χ2n) is 10.2. The minimum atomic E-state index is -4.52. The van der Waals surface area contributed by atoms with Crippen molar-refractivity contribution in [2.24, 2.45) is 0 Å². The fourth-order valence-electron chi connectivity index (χ4n) is 5.50. The molecule has 0 aliphatic carbocycles. The van der Waals surface area contributed by atoms with E-state index >= 15 is 0 Å². The highest BCUT2D eigenvalue weighted by molar-refractivity contribution is 6.03. The van der Waals surface area contributed by atoms with E-state index in [0.717, 1.165) is 37.8 Å². The number of benzene rings is 1. The number of rotatable bonds is 5. The summed E-state index contributed by atoms with van der Waals surface area (Å²) < 4.78 is 40.1. The molecule has 3 N–H and O–H groups in total. The minimum Gasteiger partial charge on any atom is -0.399 e. The molecule has 0 spiro atoms. The lowest BCUT2D eigenvalue weighted by atomic mass is 10.0. The van der Waals surface area contributed by atoms with Gasteiger partial charge in [-0.3, -0.25) is 4.79 Å². The van der Waals surface area contributed by atoms with Gasteiger partial charge in [0.25, 0.3) is 5.91 Å². The van der Waals surface area contributed by atoms with Crippen LogP contribution in [0.4, 0.5) is 30.5 Å². The molecule has 2 aliphatic rings. The zero-order valence-electron chi connectivity index (χ0n) is 21.2. The maximum atomic E-state index is 13.4. The standard InChI is InChI=1S/C26H30F3N7O/c1-13(15-9-16(26(27,28)29)11-17(30)10-15)31-22-20-12-21(25(37)35(3)4)24(34-23(20)33-14(2)32-22)36-18-5-6-19(36)8-7-18/h9-13,18-19H,5-8,30H2,1-4H3,(H,31,32,33,34)/t13-,18?,19?/m1/s1. The highest BCUT2D eigenvalue weighted by atomic mass is 19.4. The van der Waals surface area contributed by atoms with Crippen molar-refractivity contribution in [3.8, 4) is 0 Å². The summed E-state index contributed by atoms with van der Waals surface area (Å²) in [4.78, 5) is 31.0. The van der Waals surface area contributed by atoms with Gasteiger partial charge in [-0.25, -0.2) is 15.0 Å². The first-order chi connectivity index (χ1) is 17.4. The van der Waals surface area contributed by atoms with Gasteiger partial charge in [-0.1, -0.05) is 0 Å². The number of nitrogens with two attached hydrogens (primary N) is 1. The van der Waals surface area contributed by atoms with Gasteiger partial charge in [0.1, 0.15) is 17.5 Å². The number of nitrogen functional groups attached to an aromatic ring is 1. The molecule has 3 aromatic rings. The van der Waals surface area contributed by atoms with E-state index in [1.165, 1.54) is 11.0 Å². The highest BCUT2D eigenvalue weighted by Crippen LogP contribution is 2.42. The Morgan fingerprint density at radius 2 is 1.73 bits per heavy atom. The molecule has 1 amide bonds. The van der Waals surface area contributed by atoms with Crippen LogP contribution in [0.2, 0.25) is 0 Å². The highest BCUT2D eigenvalue weighted by Gasteiger charge is 2.42. The lowest BCUT2D eigenvalue weighted by Crippen LogP contribution is -2.33. The largest absolute Gasteiger partial charge is 0.416 e. The van der Waals surface area contributed by atoms with Gasteiger partial charge in [0, 0.05) is 31.9 Å². The third-order valence-corrected chi connectivity index (χ3v) is 7.27. The summed E-state index contributed by atoms with van der Waals surface area (Å²) in [5, 5.41) is 3.74. The quantitative estimate of drug-likeness (QED) is 0.466. The van der Waals surface area contributed by atoms with Gasteiger partial charge in [0.05, 0.1) is 22.6 Å². The number of hydrogen-bond donors (Lipinski definition) is 2. The molecule has 2 saturated heterocycles. The second-order valence-corrected chi connectivity index (χ2v) is 10.2. The Hall–Kier alpha value is -3.63. The Kier molecular flexibility index (Phi) is 6.12. The van der Waals surface area contributed by atoms with E-state index in [0.29, 0.717) is 51.7 Å². The lowest BCUT2D eigenvalue weighted by molar-refractivity contribution is -0.137. The molecule has 2 aliphatic heterocycles. The van der Waals surface area contributed by atoms with Crippen LogP contribution in [-0.2, 0) is 6.18 Å². The summed E-state index contributed by atoms with van der Waals surface area (Å²) in [5.41, 5.74) is 6.24. The van der Waals surface area contributed by atoms with E-state index in [1.807, 2.05) is 0 Å². The van der Waals surface area contributed by atoms with Crippen molar-refractivity contribution < 1.29 is 18.0 Å². The maximum Gasteiger partial charge on any atom is 0.416 e. The smallest absolute Gasteiger partial charge is 0.399 e. The van der Waals surface area contributed by atoms with Crippen LogP contribution in [0.15, 0.2) is 24.3 Å². The zero-order valence-corrected chi connectivity index (χ0v) is 21.2. The number of nitrogens with zero attached hydrogens (tertiary/aromatic N) is 5. The monoisotopic (exact) mass is 513 g/mol. The molecule has 0 unspecified atom stereocenters. The SMILES string of the molecule is Cc1nc(N[C@H](C)c2cc(N)cc(C(F)(F)F)c2)c2cc(C(=O)N(C)C)c(N3C4CCC3CC4)nc2n1. The van der Waals surface area contributed by atoms with Crippen LogP contribution >= 0.6 is 0 Å². The number of anilines is 3. The van der Waals surface area contributed by atoms with Crippen LogP contribution in [0, 0.1) is 6.92 Å². The van der Waals surface area contributed by atoms with Crippen LogP contribution in [0.1, 0.15) is 66.0 Å². The average Bonchev–Trinajstić information content (AvgIpc) is 3.42. The van der Waals surface area contributed by atoms with Crippen molar-refractivity contribution in [2.45, 2.75) is 63.8 Å². The van der Waals surface area contributed by atoms with Crippen LogP contribution in [-0.4, -0.2) is 51.9 Å². The number of aromatic nitrogens is 3. The Morgan fingerprint density at radius 1 is 1.08 bits per heavy atom. The fraction of sp³-hybridized carbons (Fsp3) is 0.462. The first kappa shape index (κ1) is 25.0. The van der Waals surface area contributed by atoms with E-state index < -0.39 is 17.8 Å². The molecule has 1 atom stereocenters. The van der Waals surface area contributed by atoms with E-state index in [2.05, 4.69) is 20.2 Å². The van der Waals surface area contributed by atoms with Gasteiger partial charge in [-0.05, 0) is 69.4 Å².